The number of hydrogen-bond donors (Lipinski definition) is 0. The van der Waals surface area contributed by atoms with E-state index in [0.29, 0.717) is 6.10 Å². The number of rotatable bonds is 3. The van der Waals surface area contributed by atoms with Crippen LogP contribution in [0.15, 0.2) is 48.5 Å². The summed E-state index contributed by atoms with van der Waals surface area (Å²) in [4.78, 5) is 0.272. The van der Waals surface area contributed by atoms with E-state index in [1.165, 1.54) is 16.7 Å². The highest BCUT2D eigenvalue weighted by molar-refractivity contribution is 9.09. The van der Waals surface area contributed by atoms with Gasteiger partial charge in [0.1, 0.15) is 11.9 Å². The Hall–Kier alpha value is -1.28. The lowest BCUT2D eigenvalue weighted by Crippen LogP contribution is -2.23. The highest BCUT2D eigenvalue weighted by Gasteiger charge is 2.31. The molecular formula is C19H21BrO. The second-order valence-electron chi connectivity index (χ2n) is 6.45. The van der Waals surface area contributed by atoms with Crippen molar-refractivity contribution in [2.45, 2.75) is 43.5 Å². The van der Waals surface area contributed by atoms with Crippen LogP contribution in [0, 0.1) is 0 Å². The van der Waals surface area contributed by atoms with Crippen molar-refractivity contribution in [2.24, 2.45) is 0 Å². The smallest absolute Gasteiger partial charge is 0.123 e. The minimum Gasteiger partial charge on any atom is -0.490 e. The summed E-state index contributed by atoms with van der Waals surface area (Å²) < 4.78 is 5.80. The molecule has 0 spiro atoms. The van der Waals surface area contributed by atoms with Crippen LogP contribution in [-0.2, 0) is 11.8 Å². The van der Waals surface area contributed by atoms with Gasteiger partial charge in [-0.25, -0.2) is 0 Å². The summed E-state index contributed by atoms with van der Waals surface area (Å²) in [5.41, 5.74) is 4.02. The molecule has 0 saturated carbocycles. The fraction of sp³-hybridized carbons (Fsp3) is 0.368. The number of hydrogen-bond acceptors (Lipinski definition) is 1. The minimum absolute atomic E-state index is 0.0283. The number of halogens is 1. The summed E-state index contributed by atoms with van der Waals surface area (Å²) in [5.74, 6) is 1.04. The first-order valence-electron chi connectivity index (χ1n) is 7.47. The molecule has 1 aliphatic heterocycles. The number of fused-ring (bicyclic) bond motifs is 1. The van der Waals surface area contributed by atoms with Gasteiger partial charge in [0.25, 0.3) is 0 Å². The normalized spacial score (nSPS) is 19.0. The number of benzene rings is 2. The molecule has 2 aromatic rings. The molecule has 0 fully saturated rings. The van der Waals surface area contributed by atoms with Crippen molar-refractivity contribution >= 4 is 15.9 Å². The lowest BCUT2D eigenvalue weighted by Gasteiger charge is -2.31. The Bertz CT molecular complexity index is 633. The predicted octanol–water partition coefficient (Wildman–Crippen LogP) is 5.42. The third-order valence-corrected chi connectivity index (χ3v) is 6.04. The van der Waals surface area contributed by atoms with Crippen LogP contribution in [0.5, 0.6) is 5.75 Å². The maximum Gasteiger partial charge on any atom is 0.123 e. The van der Waals surface area contributed by atoms with E-state index in [2.05, 4.69) is 85.2 Å². The van der Waals surface area contributed by atoms with Gasteiger partial charge in [0.05, 0.1) is 0 Å². The van der Waals surface area contributed by atoms with Crippen LogP contribution < -0.4 is 4.74 Å². The molecule has 2 aromatic carbocycles. The van der Waals surface area contributed by atoms with Crippen LogP contribution in [0.3, 0.4) is 0 Å². The van der Waals surface area contributed by atoms with Crippen molar-refractivity contribution in [2.75, 3.05) is 0 Å². The third-order valence-electron chi connectivity index (χ3n) is 4.36. The van der Waals surface area contributed by atoms with E-state index in [0.717, 1.165) is 12.2 Å². The Morgan fingerprint density at radius 3 is 2.57 bits per heavy atom. The van der Waals surface area contributed by atoms with E-state index < -0.39 is 0 Å². The first kappa shape index (κ1) is 14.6. The summed E-state index contributed by atoms with van der Waals surface area (Å²) >= 11 is 3.93. The van der Waals surface area contributed by atoms with Gasteiger partial charge < -0.3 is 4.74 Å². The molecule has 0 radical (unpaired) electrons. The molecule has 2 unspecified atom stereocenters. The highest BCUT2D eigenvalue weighted by atomic mass is 79.9. The monoisotopic (exact) mass is 344 g/mol. The van der Waals surface area contributed by atoms with Crippen LogP contribution in [0.25, 0.3) is 0 Å². The zero-order chi connectivity index (χ0) is 15.0. The van der Waals surface area contributed by atoms with Gasteiger partial charge in [-0.1, -0.05) is 72.2 Å². The van der Waals surface area contributed by atoms with E-state index >= 15 is 0 Å². The fourth-order valence-electron chi connectivity index (χ4n) is 3.03. The SMILES string of the molecule is CC1Cc2cc(C(Br)C(C)(C)c3ccccc3)ccc2O1. The molecule has 0 bridgehead atoms. The van der Waals surface area contributed by atoms with Crippen molar-refractivity contribution in [1.29, 1.82) is 0 Å². The summed E-state index contributed by atoms with van der Waals surface area (Å²) in [6, 6.07) is 17.3. The summed E-state index contributed by atoms with van der Waals surface area (Å²) in [6.07, 6.45) is 1.31. The molecule has 0 saturated heterocycles. The molecule has 0 N–H and O–H groups in total. The van der Waals surface area contributed by atoms with Gasteiger partial charge >= 0.3 is 0 Å². The lowest BCUT2D eigenvalue weighted by molar-refractivity contribution is 0.254. The Balaban J connectivity index is 1.92. The molecule has 3 rings (SSSR count). The van der Waals surface area contributed by atoms with E-state index in [9.17, 15) is 0 Å². The molecule has 21 heavy (non-hydrogen) atoms. The molecule has 0 amide bonds. The second kappa shape index (κ2) is 5.49. The zero-order valence-electron chi connectivity index (χ0n) is 12.8. The van der Waals surface area contributed by atoms with Crippen molar-refractivity contribution < 1.29 is 4.74 Å². The lowest BCUT2D eigenvalue weighted by atomic mass is 9.79. The molecule has 2 atom stereocenters. The van der Waals surface area contributed by atoms with Crippen LogP contribution in [0.1, 0.15) is 42.3 Å². The van der Waals surface area contributed by atoms with Gasteiger partial charge in [-0.2, -0.15) is 0 Å². The molecule has 0 aromatic heterocycles. The van der Waals surface area contributed by atoms with Gasteiger partial charge in [0, 0.05) is 16.7 Å². The van der Waals surface area contributed by atoms with E-state index in [4.69, 9.17) is 4.74 Å². The molecule has 1 aliphatic rings. The third kappa shape index (κ3) is 2.74. The number of ether oxygens (including phenoxy) is 1. The molecule has 1 heterocycles. The molecule has 2 heteroatoms. The summed E-state index contributed by atoms with van der Waals surface area (Å²) in [7, 11) is 0. The van der Waals surface area contributed by atoms with E-state index in [-0.39, 0.29) is 10.2 Å². The van der Waals surface area contributed by atoms with Crippen molar-refractivity contribution in [1.82, 2.24) is 0 Å². The van der Waals surface area contributed by atoms with Gasteiger partial charge in [0.15, 0.2) is 0 Å². The van der Waals surface area contributed by atoms with E-state index in [1.807, 2.05) is 0 Å². The van der Waals surface area contributed by atoms with Gasteiger partial charge in [-0.3, -0.25) is 0 Å². The Kier molecular flexibility index (Phi) is 3.83. The fourth-order valence-corrected chi connectivity index (χ4v) is 3.58. The molecule has 0 aliphatic carbocycles. The minimum atomic E-state index is 0.0283. The predicted molar refractivity (Wildman–Crippen MR) is 91.4 cm³/mol. The van der Waals surface area contributed by atoms with Gasteiger partial charge in [-0.15, -0.1) is 0 Å². The molecule has 1 nitrogen and oxygen atoms in total. The van der Waals surface area contributed by atoms with Crippen LogP contribution in [0.2, 0.25) is 0 Å². The first-order valence-corrected chi connectivity index (χ1v) is 8.39. The van der Waals surface area contributed by atoms with Gasteiger partial charge in [0.2, 0.25) is 0 Å². The molecular weight excluding hydrogens is 324 g/mol. The van der Waals surface area contributed by atoms with Crippen LogP contribution in [0.4, 0.5) is 0 Å². The maximum atomic E-state index is 5.80. The summed E-state index contributed by atoms with van der Waals surface area (Å²) in [5, 5.41) is 0. The van der Waals surface area contributed by atoms with Crippen molar-refractivity contribution in [3.8, 4) is 5.75 Å². The topological polar surface area (TPSA) is 9.23 Å². The Morgan fingerprint density at radius 2 is 1.86 bits per heavy atom. The zero-order valence-corrected chi connectivity index (χ0v) is 14.4. The van der Waals surface area contributed by atoms with Crippen molar-refractivity contribution in [3.05, 3.63) is 65.2 Å². The first-order chi connectivity index (χ1) is 9.98. The van der Waals surface area contributed by atoms with Crippen LogP contribution >= 0.6 is 15.9 Å². The number of alkyl halides is 1. The molecule has 110 valence electrons. The summed E-state index contributed by atoms with van der Waals surface area (Å²) in [6.45, 7) is 6.70. The Labute approximate surface area is 135 Å². The van der Waals surface area contributed by atoms with Gasteiger partial charge in [-0.05, 0) is 29.7 Å². The Morgan fingerprint density at radius 1 is 1.14 bits per heavy atom. The quantitative estimate of drug-likeness (QED) is 0.675. The van der Waals surface area contributed by atoms with Crippen molar-refractivity contribution in [3.63, 3.8) is 0 Å². The largest absolute Gasteiger partial charge is 0.490 e. The van der Waals surface area contributed by atoms with Crippen LogP contribution in [-0.4, -0.2) is 6.10 Å². The van der Waals surface area contributed by atoms with E-state index in [1.54, 1.807) is 0 Å². The standard InChI is InChI=1S/C19H21BrO/c1-13-11-15-12-14(9-10-17(15)21-13)18(20)19(2,3)16-7-5-4-6-8-16/h4-10,12-13,18H,11H2,1-3H3. The average molecular weight is 345 g/mol. The second-order valence-corrected chi connectivity index (χ2v) is 7.37. The maximum absolute atomic E-state index is 5.80. The average Bonchev–Trinajstić information content (AvgIpc) is 2.86. The highest BCUT2D eigenvalue weighted by Crippen LogP contribution is 2.44.